The highest BCUT2D eigenvalue weighted by Crippen LogP contribution is 2.05. The molecule has 0 fully saturated rings. The van der Waals surface area contributed by atoms with Crippen molar-refractivity contribution >= 4 is 5.97 Å². The van der Waals surface area contributed by atoms with Crippen LogP contribution in [0, 0.1) is 5.92 Å². The quantitative estimate of drug-likeness (QED) is 0.354. The van der Waals surface area contributed by atoms with Crippen LogP contribution in [0.3, 0.4) is 0 Å². The van der Waals surface area contributed by atoms with Crippen molar-refractivity contribution in [2.24, 2.45) is 5.92 Å². The highest BCUT2D eigenvalue weighted by Gasteiger charge is 2.15. The third-order valence-electron chi connectivity index (χ3n) is 2.90. The van der Waals surface area contributed by atoms with Crippen molar-refractivity contribution in [3.8, 4) is 0 Å². The summed E-state index contributed by atoms with van der Waals surface area (Å²) in [5.41, 5.74) is 0. The summed E-state index contributed by atoms with van der Waals surface area (Å²) in [7, 11) is 4.40. The molecule has 0 aliphatic carbocycles. The molecule has 0 saturated heterocycles. The fraction of sp³-hybridized carbons (Fsp3) is 0.929. The second-order valence-electron chi connectivity index (χ2n) is 5.91. The van der Waals surface area contributed by atoms with Crippen molar-refractivity contribution in [2.75, 3.05) is 33.8 Å². The monoisotopic (exact) mass is 244 g/mol. The van der Waals surface area contributed by atoms with Crippen molar-refractivity contribution in [1.82, 2.24) is 0 Å². The molecule has 0 saturated carbocycles. The Morgan fingerprint density at radius 3 is 2.35 bits per heavy atom. The van der Waals surface area contributed by atoms with Crippen LogP contribution >= 0.6 is 0 Å². The number of esters is 1. The number of unbranched alkanes of at least 4 members (excludes halogenated alkanes) is 2. The minimum atomic E-state index is -0.0615. The summed E-state index contributed by atoms with van der Waals surface area (Å²) in [6, 6.07) is 0. The number of carbonyl (C=O) groups is 1. The predicted molar refractivity (Wildman–Crippen MR) is 71.8 cm³/mol. The van der Waals surface area contributed by atoms with Crippen LogP contribution in [0.15, 0.2) is 0 Å². The second kappa shape index (κ2) is 8.51. The number of quaternary nitrogens is 1. The Kier molecular flexibility index (Phi) is 8.23. The maximum atomic E-state index is 11.4. The molecule has 3 heteroatoms. The molecular formula is C14H30NO2+. The maximum absolute atomic E-state index is 11.4. The summed E-state index contributed by atoms with van der Waals surface area (Å²) in [5.74, 6) is 0.322. The van der Waals surface area contributed by atoms with Gasteiger partial charge in [-0.3, -0.25) is 4.79 Å². The number of hydrogen-bond donors (Lipinski definition) is 0. The summed E-state index contributed by atoms with van der Waals surface area (Å²) in [5, 5.41) is 0. The minimum absolute atomic E-state index is 0.0615. The number of ether oxygens (including phenoxy) is 1. The standard InChI is InChI=1S/C14H30NO2/c1-6-7-8-9-15(4,5)10-11-17-14(16)12-13(2)3/h13H,6-12H2,1-5H3/q+1. The normalized spacial score (nSPS) is 11.9. The molecule has 0 aromatic heterocycles. The molecule has 0 aliphatic rings. The maximum Gasteiger partial charge on any atom is 0.306 e. The van der Waals surface area contributed by atoms with Crippen LogP contribution in [0.5, 0.6) is 0 Å². The average molecular weight is 244 g/mol. The molecule has 17 heavy (non-hydrogen) atoms. The van der Waals surface area contributed by atoms with Gasteiger partial charge in [0.15, 0.2) is 0 Å². The van der Waals surface area contributed by atoms with Crippen molar-refractivity contribution in [3.05, 3.63) is 0 Å². The Morgan fingerprint density at radius 2 is 1.82 bits per heavy atom. The topological polar surface area (TPSA) is 26.3 Å². The number of likely N-dealkylation sites (N-methyl/N-ethyl adjacent to an activating group) is 1. The molecule has 0 amide bonds. The molecule has 0 unspecified atom stereocenters. The van der Waals surface area contributed by atoms with E-state index in [4.69, 9.17) is 4.74 Å². The first-order valence-corrected chi connectivity index (χ1v) is 6.85. The van der Waals surface area contributed by atoms with Gasteiger partial charge in [-0.25, -0.2) is 0 Å². The third kappa shape index (κ3) is 10.3. The van der Waals surface area contributed by atoms with E-state index in [0.29, 0.717) is 18.9 Å². The van der Waals surface area contributed by atoms with Gasteiger partial charge in [0, 0.05) is 6.42 Å². The highest BCUT2D eigenvalue weighted by atomic mass is 16.5. The van der Waals surface area contributed by atoms with E-state index in [1.54, 1.807) is 0 Å². The first kappa shape index (κ1) is 16.4. The van der Waals surface area contributed by atoms with Crippen LogP contribution in [-0.4, -0.2) is 44.2 Å². The van der Waals surface area contributed by atoms with E-state index in [1.165, 1.54) is 19.3 Å². The highest BCUT2D eigenvalue weighted by molar-refractivity contribution is 5.69. The van der Waals surface area contributed by atoms with Gasteiger partial charge in [0.25, 0.3) is 0 Å². The fourth-order valence-corrected chi connectivity index (χ4v) is 1.70. The first-order chi connectivity index (χ1) is 7.87. The molecule has 102 valence electrons. The van der Waals surface area contributed by atoms with Gasteiger partial charge in [-0.2, -0.15) is 0 Å². The Labute approximate surface area is 107 Å². The second-order valence-corrected chi connectivity index (χ2v) is 5.91. The first-order valence-electron chi connectivity index (χ1n) is 6.85. The Balaban J connectivity index is 3.67. The van der Waals surface area contributed by atoms with Crippen LogP contribution in [0.2, 0.25) is 0 Å². The molecular weight excluding hydrogens is 214 g/mol. The zero-order valence-electron chi connectivity index (χ0n) is 12.3. The van der Waals surface area contributed by atoms with E-state index in [2.05, 4.69) is 21.0 Å². The van der Waals surface area contributed by atoms with Gasteiger partial charge in [0.1, 0.15) is 13.2 Å². The lowest BCUT2D eigenvalue weighted by atomic mass is 10.1. The van der Waals surface area contributed by atoms with Gasteiger partial charge < -0.3 is 9.22 Å². The zero-order chi connectivity index (χ0) is 13.3. The number of nitrogens with zero attached hydrogens (tertiary/aromatic N) is 1. The lowest BCUT2D eigenvalue weighted by molar-refractivity contribution is -0.890. The molecule has 0 bridgehead atoms. The van der Waals surface area contributed by atoms with E-state index in [-0.39, 0.29) is 5.97 Å². The van der Waals surface area contributed by atoms with Crippen LogP contribution < -0.4 is 0 Å². The smallest absolute Gasteiger partial charge is 0.306 e. The molecule has 0 aliphatic heterocycles. The summed E-state index contributed by atoms with van der Waals surface area (Å²) >= 11 is 0. The van der Waals surface area contributed by atoms with Crippen LogP contribution in [0.4, 0.5) is 0 Å². The van der Waals surface area contributed by atoms with Crippen molar-refractivity contribution < 1.29 is 14.0 Å². The van der Waals surface area contributed by atoms with Gasteiger partial charge >= 0.3 is 5.97 Å². The van der Waals surface area contributed by atoms with Crippen molar-refractivity contribution in [2.45, 2.75) is 46.5 Å². The van der Waals surface area contributed by atoms with Gasteiger partial charge in [0.2, 0.25) is 0 Å². The summed E-state index contributed by atoms with van der Waals surface area (Å²) in [4.78, 5) is 11.4. The molecule has 0 radical (unpaired) electrons. The van der Waals surface area contributed by atoms with E-state index in [9.17, 15) is 4.79 Å². The third-order valence-corrected chi connectivity index (χ3v) is 2.90. The summed E-state index contributed by atoms with van der Waals surface area (Å²) in [6.07, 6.45) is 4.32. The predicted octanol–water partition coefficient (Wildman–Crippen LogP) is 2.84. The lowest BCUT2D eigenvalue weighted by Gasteiger charge is -2.29. The molecule has 0 spiro atoms. The van der Waals surface area contributed by atoms with Gasteiger partial charge in [-0.05, 0) is 18.8 Å². The Hall–Kier alpha value is -0.570. The van der Waals surface area contributed by atoms with Crippen molar-refractivity contribution in [3.63, 3.8) is 0 Å². The van der Waals surface area contributed by atoms with Gasteiger partial charge in [-0.15, -0.1) is 0 Å². The lowest BCUT2D eigenvalue weighted by Crippen LogP contribution is -2.43. The summed E-state index contributed by atoms with van der Waals surface area (Å²) < 4.78 is 6.18. The van der Waals surface area contributed by atoms with Gasteiger partial charge in [-0.1, -0.05) is 27.2 Å². The van der Waals surface area contributed by atoms with E-state index >= 15 is 0 Å². The molecule has 0 aromatic carbocycles. The SMILES string of the molecule is CCCCC[N+](C)(C)CCOC(=O)CC(C)C. The molecule has 0 rings (SSSR count). The van der Waals surface area contributed by atoms with Crippen LogP contribution in [0.25, 0.3) is 0 Å². The molecule has 0 N–H and O–H groups in total. The molecule has 0 aromatic rings. The molecule has 0 atom stereocenters. The molecule has 3 nitrogen and oxygen atoms in total. The largest absolute Gasteiger partial charge is 0.460 e. The Morgan fingerprint density at radius 1 is 1.18 bits per heavy atom. The van der Waals surface area contributed by atoms with Crippen LogP contribution in [-0.2, 0) is 9.53 Å². The summed E-state index contributed by atoms with van der Waals surface area (Å²) in [6.45, 7) is 8.90. The molecule has 0 heterocycles. The van der Waals surface area contributed by atoms with E-state index < -0.39 is 0 Å². The van der Waals surface area contributed by atoms with Crippen LogP contribution in [0.1, 0.15) is 46.5 Å². The van der Waals surface area contributed by atoms with Crippen molar-refractivity contribution in [1.29, 1.82) is 0 Å². The minimum Gasteiger partial charge on any atom is -0.460 e. The number of carbonyl (C=O) groups excluding carboxylic acids is 1. The number of hydrogen-bond acceptors (Lipinski definition) is 2. The van der Waals surface area contributed by atoms with E-state index in [0.717, 1.165) is 17.6 Å². The Bertz CT molecular complexity index is 212. The zero-order valence-corrected chi connectivity index (χ0v) is 12.3. The van der Waals surface area contributed by atoms with Gasteiger partial charge in [0.05, 0.1) is 20.6 Å². The number of rotatable bonds is 9. The van der Waals surface area contributed by atoms with E-state index in [1.807, 2.05) is 13.8 Å². The average Bonchev–Trinajstić information content (AvgIpc) is 2.16. The fourth-order valence-electron chi connectivity index (χ4n) is 1.70.